The second-order valence-electron chi connectivity index (χ2n) is 2.92. The van der Waals surface area contributed by atoms with Crippen molar-refractivity contribution >= 4 is 13.9 Å². The Morgan fingerprint density at radius 3 is 2.38 bits per heavy atom. The molecule has 0 spiro atoms. The molecule has 1 aromatic carbocycles. The molecule has 0 aromatic heterocycles. The second-order valence-corrected chi connectivity index (χ2v) is 4.80. The van der Waals surface area contributed by atoms with Crippen molar-refractivity contribution in [3.05, 3.63) is 42.0 Å². The van der Waals surface area contributed by atoms with Gasteiger partial charge in [0.2, 0.25) is 0 Å². The van der Waals surface area contributed by atoms with Crippen molar-refractivity contribution < 1.29 is 18.1 Å². The number of hydrogen-bond acceptors (Lipinski definition) is 4. The quantitative estimate of drug-likeness (QED) is 0.719. The Morgan fingerprint density at radius 2 is 1.81 bits per heavy atom. The summed E-state index contributed by atoms with van der Waals surface area (Å²) in [6.45, 7) is 0.174. The molecule has 0 aliphatic heterocycles. The Labute approximate surface area is 95.5 Å². The molecule has 0 heterocycles. The van der Waals surface area contributed by atoms with Crippen molar-refractivity contribution in [2.45, 2.75) is 0 Å². The fourth-order valence-electron chi connectivity index (χ4n) is 1.06. The summed E-state index contributed by atoms with van der Waals surface area (Å²) in [5.41, 5.74) is 1.05. The Bertz CT molecular complexity index is 367. The minimum atomic E-state index is -3.35. The summed E-state index contributed by atoms with van der Waals surface area (Å²) in [7, 11) is -0.788. The molecule has 0 amide bonds. The number of hydrogen-bond donors (Lipinski definition) is 0. The Hall–Kier alpha value is -0.930. The van der Waals surface area contributed by atoms with Crippen LogP contribution in [0.25, 0.3) is 6.08 Å². The van der Waals surface area contributed by atoms with E-state index in [9.17, 15) is 4.57 Å². The maximum Gasteiger partial charge on any atom is 0.474 e. The van der Waals surface area contributed by atoms with Gasteiger partial charge in [-0.2, -0.15) is 0 Å². The highest BCUT2D eigenvalue weighted by atomic mass is 31.2. The van der Waals surface area contributed by atoms with Crippen LogP contribution in [0.1, 0.15) is 5.56 Å². The van der Waals surface area contributed by atoms with Gasteiger partial charge in [-0.05, 0) is 5.56 Å². The number of benzene rings is 1. The van der Waals surface area contributed by atoms with Gasteiger partial charge in [-0.15, -0.1) is 0 Å². The predicted octanol–water partition coefficient (Wildman–Crippen LogP) is 3.12. The molecule has 4 nitrogen and oxygen atoms in total. The van der Waals surface area contributed by atoms with Gasteiger partial charge in [-0.25, -0.2) is 4.57 Å². The molecule has 0 N–H and O–H groups in total. The summed E-state index contributed by atoms with van der Waals surface area (Å²) in [6.07, 6.45) is 3.62. The first kappa shape index (κ1) is 13.1. The molecule has 0 unspecified atom stereocenters. The van der Waals surface area contributed by atoms with E-state index in [-0.39, 0.29) is 6.61 Å². The lowest BCUT2D eigenvalue weighted by Crippen LogP contribution is -1.94. The first-order valence-corrected chi connectivity index (χ1v) is 6.24. The maximum atomic E-state index is 11.5. The monoisotopic (exact) mass is 242 g/mol. The number of rotatable bonds is 6. The molecule has 0 radical (unpaired) electrons. The molecule has 0 fully saturated rings. The molecule has 0 aliphatic carbocycles. The molecule has 0 aliphatic rings. The number of phosphoric ester groups is 1. The summed E-state index contributed by atoms with van der Waals surface area (Å²) < 4.78 is 25.7. The molecule has 0 atom stereocenters. The van der Waals surface area contributed by atoms with Crippen LogP contribution in [0.3, 0.4) is 0 Å². The zero-order chi connectivity index (χ0) is 11.9. The first-order valence-electron chi connectivity index (χ1n) is 4.78. The van der Waals surface area contributed by atoms with E-state index in [0.29, 0.717) is 0 Å². The third-order valence-electron chi connectivity index (χ3n) is 1.89. The van der Waals surface area contributed by atoms with Gasteiger partial charge in [0.25, 0.3) is 0 Å². The summed E-state index contributed by atoms with van der Waals surface area (Å²) in [5, 5.41) is 0. The highest BCUT2D eigenvalue weighted by Crippen LogP contribution is 2.47. The van der Waals surface area contributed by atoms with Crippen LogP contribution >= 0.6 is 7.82 Å². The van der Waals surface area contributed by atoms with Crippen LogP contribution in [0.15, 0.2) is 36.4 Å². The van der Waals surface area contributed by atoms with Crippen molar-refractivity contribution in [3.8, 4) is 0 Å². The zero-order valence-corrected chi connectivity index (χ0v) is 10.2. The van der Waals surface area contributed by atoms with E-state index >= 15 is 0 Å². The van der Waals surface area contributed by atoms with Crippen LogP contribution in [0.4, 0.5) is 0 Å². The fraction of sp³-hybridized carbons (Fsp3) is 0.273. The van der Waals surface area contributed by atoms with E-state index in [0.717, 1.165) is 5.56 Å². The highest BCUT2D eigenvalue weighted by Gasteiger charge is 2.21. The van der Waals surface area contributed by atoms with E-state index in [4.69, 9.17) is 4.52 Å². The minimum Gasteiger partial charge on any atom is -0.290 e. The largest absolute Gasteiger partial charge is 0.474 e. The van der Waals surface area contributed by atoms with Crippen molar-refractivity contribution in [1.82, 2.24) is 0 Å². The van der Waals surface area contributed by atoms with Crippen LogP contribution in [-0.2, 0) is 18.1 Å². The van der Waals surface area contributed by atoms with Crippen molar-refractivity contribution in [1.29, 1.82) is 0 Å². The number of phosphoric acid groups is 1. The Balaban J connectivity index is 2.41. The average molecular weight is 242 g/mol. The molecular formula is C11H15O4P. The zero-order valence-electron chi connectivity index (χ0n) is 9.33. The molecule has 0 saturated carbocycles. The molecule has 16 heavy (non-hydrogen) atoms. The summed E-state index contributed by atoms with van der Waals surface area (Å²) in [5.74, 6) is 0. The van der Waals surface area contributed by atoms with Crippen LogP contribution in [0, 0.1) is 0 Å². The van der Waals surface area contributed by atoms with Crippen LogP contribution < -0.4 is 0 Å². The van der Waals surface area contributed by atoms with Crippen LogP contribution in [-0.4, -0.2) is 20.8 Å². The van der Waals surface area contributed by atoms with Gasteiger partial charge in [0.15, 0.2) is 0 Å². The maximum absolute atomic E-state index is 11.5. The first-order chi connectivity index (χ1) is 7.70. The Morgan fingerprint density at radius 1 is 1.19 bits per heavy atom. The van der Waals surface area contributed by atoms with Crippen molar-refractivity contribution in [2.24, 2.45) is 0 Å². The van der Waals surface area contributed by atoms with E-state index in [1.54, 1.807) is 6.08 Å². The molecule has 5 heteroatoms. The fourth-order valence-corrected chi connectivity index (χ4v) is 1.69. The van der Waals surface area contributed by atoms with Gasteiger partial charge in [-0.1, -0.05) is 42.5 Å². The van der Waals surface area contributed by atoms with Crippen molar-refractivity contribution in [2.75, 3.05) is 20.8 Å². The van der Waals surface area contributed by atoms with Gasteiger partial charge in [0.05, 0.1) is 6.61 Å². The molecule has 0 saturated heterocycles. The summed E-state index contributed by atoms with van der Waals surface area (Å²) in [4.78, 5) is 0. The third-order valence-corrected chi connectivity index (χ3v) is 3.25. The van der Waals surface area contributed by atoms with Gasteiger partial charge >= 0.3 is 7.82 Å². The minimum absolute atomic E-state index is 0.174. The average Bonchev–Trinajstić information content (AvgIpc) is 2.36. The Kier molecular flexibility index (Phi) is 5.43. The standard InChI is InChI=1S/C11H15O4P/c1-13-16(12,14-2)15-10-6-9-11-7-4-3-5-8-11/h3-9H,10H2,1-2H3. The second kappa shape index (κ2) is 6.61. The lowest BCUT2D eigenvalue weighted by atomic mass is 10.2. The lowest BCUT2D eigenvalue weighted by molar-refractivity contribution is 0.165. The molecule has 0 bridgehead atoms. The predicted molar refractivity (Wildman–Crippen MR) is 63.1 cm³/mol. The molecule has 1 rings (SSSR count). The molecule has 1 aromatic rings. The summed E-state index contributed by atoms with van der Waals surface area (Å²) in [6, 6.07) is 9.74. The van der Waals surface area contributed by atoms with Gasteiger partial charge in [0.1, 0.15) is 0 Å². The lowest BCUT2D eigenvalue weighted by Gasteiger charge is -2.11. The van der Waals surface area contributed by atoms with Gasteiger partial charge in [0, 0.05) is 14.2 Å². The van der Waals surface area contributed by atoms with E-state index < -0.39 is 7.82 Å². The highest BCUT2D eigenvalue weighted by molar-refractivity contribution is 7.48. The molecule has 88 valence electrons. The summed E-state index contributed by atoms with van der Waals surface area (Å²) >= 11 is 0. The normalized spacial score (nSPS) is 12.1. The SMILES string of the molecule is COP(=O)(OC)OCC=Cc1ccccc1. The van der Waals surface area contributed by atoms with E-state index in [1.807, 2.05) is 36.4 Å². The van der Waals surface area contributed by atoms with Crippen LogP contribution in [0.2, 0.25) is 0 Å². The molecular weight excluding hydrogens is 227 g/mol. The van der Waals surface area contributed by atoms with Gasteiger partial charge < -0.3 is 0 Å². The topological polar surface area (TPSA) is 44.8 Å². The van der Waals surface area contributed by atoms with Gasteiger partial charge in [-0.3, -0.25) is 13.6 Å². The van der Waals surface area contributed by atoms with E-state index in [2.05, 4.69) is 9.05 Å². The van der Waals surface area contributed by atoms with E-state index in [1.165, 1.54) is 14.2 Å². The van der Waals surface area contributed by atoms with Crippen molar-refractivity contribution in [3.63, 3.8) is 0 Å². The van der Waals surface area contributed by atoms with Crippen LogP contribution in [0.5, 0.6) is 0 Å². The smallest absolute Gasteiger partial charge is 0.290 e. The third kappa shape index (κ3) is 4.29.